The van der Waals surface area contributed by atoms with Gasteiger partial charge in [-0.1, -0.05) is 49.2 Å². The van der Waals surface area contributed by atoms with Crippen LogP contribution >= 0.6 is 11.8 Å². The standard InChI is InChI=1S/C15H19FN4OS/c16-13-9-5-4-8-12(13)14(21)10-22-15-17-18-19-20(15)11-6-2-1-3-7-11/h4-5,8-9,11,14,21H,1-3,6-7,10H2. The Morgan fingerprint density at radius 3 is 2.82 bits per heavy atom. The van der Waals surface area contributed by atoms with Crippen molar-refractivity contribution in [3.8, 4) is 0 Å². The van der Waals surface area contributed by atoms with Crippen molar-refractivity contribution in [1.82, 2.24) is 20.2 Å². The van der Waals surface area contributed by atoms with Gasteiger partial charge in [0.05, 0.1) is 12.1 Å². The number of thioether (sulfide) groups is 1. The van der Waals surface area contributed by atoms with E-state index < -0.39 is 6.10 Å². The highest BCUT2D eigenvalue weighted by molar-refractivity contribution is 7.99. The van der Waals surface area contributed by atoms with Crippen LogP contribution in [0.4, 0.5) is 4.39 Å². The van der Waals surface area contributed by atoms with Crippen molar-refractivity contribution in [3.05, 3.63) is 35.6 Å². The number of hydrogen-bond donors (Lipinski definition) is 1. The molecule has 0 amide bonds. The number of aromatic nitrogens is 4. The molecule has 1 N–H and O–H groups in total. The number of tetrazole rings is 1. The average Bonchev–Trinajstić information content (AvgIpc) is 3.02. The van der Waals surface area contributed by atoms with Crippen LogP contribution in [0.1, 0.15) is 49.8 Å². The molecule has 0 spiro atoms. The first-order chi connectivity index (χ1) is 10.8. The van der Waals surface area contributed by atoms with Gasteiger partial charge in [-0.2, -0.15) is 0 Å². The summed E-state index contributed by atoms with van der Waals surface area (Å²) < 4.78 is 15.5. The lowest BCUT2D eigenvalue weighted by molar-refractivity contribution is 0.198. The molecule has 1 fully saturated rings. The van der Waals surface area contributed by atoms with E-state index in [0.29, 0.717) is 22.5 Å². The van der Waals surface area contributed by atoms with Gasteiger partial charge in [-0.25, -0.2) is 9.07 Å². The number of rotatable bonds is 5. The van der Waals surface area contributed by atoms with E-state index in [1.807, 2.05) is 4.68 Å². The highest BCUT2D eigenvalue weighted by atomic mass is 32.2. The first kappa shape index (κ1) is 15.4. The molecule has 0 saturated heterocycles. The number of nitrogens with zero attached hydrogens (tertiary/aromatic N) is 4. The van der Waals surface area contributed by atoms with E-state index in [-0.39, 0.29) is 5.82 Å². The summed E-state index contributed by atoms with van der Waals surface area (Å²) in [6, 6.07) is 6.64. The minimum Gasteiger partial charge on any atom is -0.387 e. The summed E-state index contributed by atoms with van der Waals surface area (Å²) in [6.07, 6.45) is 4.98. The van der Waals surface area contributed by atoms with Gasteiger partial charge in [0, 0.05) is 11.3 Å². The Morgan fingerprint density at radius 2 is 2.05 bits per heavy atom. The van der Waals surface area contributed by atoms with Crippen molar-refractivity contribution in [1.29, 1.82) is 0 Å². The second-order valence-corrected chi connectivity index (χ2v) is 6.53. The first-order valence-electron chi connectivity index (χ1n) is 7.59. The number of aliphatic hydroxyl groups excluding tert-OH is 1. The molecule has 118 valence electrons. The van der Waals surface area contributed by atoms with Crippen molar-refractivity contribution >= 4 is 11.8 Å². The van der Waals surface area contributed by atoms with Crippen LogP contribution in [-0.4, -0.2) is 31.1 Å². The van der Waals surface area contributed by atoms with Gasteiger partial charge in [0.25, 0.3) is 0 Å². The molecular formula is C15H19FN4OS. The summed E-state index contributed by atoms with van der Waals surface area (Å²) >= 11 is 1.37. The van der Waals surface area contributed by atoms with Crippen molar-refractivity contribution in [2.45, 2.75) is 49.4 Å². The third-order valence-corrected chi connectivity index (χ3v) is 5.03. The zero-order valence-corrected chi connectivity index (χ0v) is 13.0. The average molecular weight is 322 g/mol. The van der Waals surface area contributed by atoms with E-state index in [9.17, 15) is 9.50 Å². The lowest BCUT2D eigenvalue weighted by Crippen LogP contribution is -2.15. The number of hydrogen-bond acceptors (Lipinski definition) is 5. The highest BCUT2D eigenvalue weighted by Gasteiger charge is 2.21. The SMILES string of the molecule is OC(CSc1nnnn1C1CCCCC1)c1ccccc1F. The zero-order valence-electron chi connectivity index (χ0n) is 12.2. The monoisotopic (exact) mass is 322 g/mol. The molecule has 1 atom stereocenters. The quantitative estimate of drug-likeness (QED) is 0.857. The molecule has 1 unspecified atom stereocenters. The molecule has 0 bridgehead atoms. The Morgan fingerprint density at radius 1 is 1.27 bits per heavy atom. The fourth-order valence-electron chi connectivity index (χ4n) is 2.82. The highest BCUT2D eigenvalue weighted by Crippen LogP contribution is 2.31. The fourth-order valence-corrected chi connectivity index (χ4v) is 3.72. The summed E-state index contributed by atoms with van der Waals surface area (Å²) in [4.78, 5) is 0. The van der Waals surface area contributed by atoms with Crippen LogP contribution in [-0.2, 0) is 0 Å². The maximum atomic E-state index is 13.7. The summed E-state index contributed by atoms with van der Waals surface area (Å²) in [5.41, 5.74) is 0.312. The molecular weight excluding hydrogens is 303 g/mol. The van der Waals surface area contributed by atoms with Crippen molar-refractivity contribution < 1.29 is 9.50 Å². The Balaban J connectivity index is 1.64. The van der Waals surface area contributed by atoms with Gasteiger partial charge in [0.2, 0.25) is 5.16 Å². The Kier molecular flexibility index (Phi) is 5.04. The van der Waals surface area contributed by atoms with E-state index in [1.54, 1.807) is 18.2 Å². The molecule has 5 nitrogen and oxygen atoms in total. The van der Waals surface area contributed by atoms with Gasteiger partial charge >= 0.3 is 0 Å². The van der Waals surface area contributed by atoms with Crippen LogP contribution in [0.3, 0.4) is 0 Å². The van der Waals surface area contributed by atoms with E-state index in [1.165, 1.54) is 37.1 Å². The normalized spacial score (nSPS) is 17.5. The second-order valence-electron chi connectivity index (χ2n) is 5.55. The third-order valence-electron chi connectivity index (χ3n) is 4.02. The van der Waals surface area contributed by atoms with Gasteiger partial charge in [-0.05, 0) is 29.3 Å². The molecule has 1 aromatic heterocycles. The number of aliphatic hydroxyl groups is 1. The summed E-state index contributed by atoms with van der Waals surface area (Å²) in [5.74, 6) is -0.0592. The predicted octanol–water partition coefficient (Wildman–Crippen LogP) is 3.14. The first-order valence-corrected chi connectivity index (χ1v) is 8.57. The Labute approximate surface area is 132 Å². The topological polar surface area (TPSA) is 63.8 Å². The molecule has 2 aromatic rings. The second kappa shape index (κ2) is 7.19. The van der Waals surface area contributed by atoms with Crippen LogP contribution in [0.2, 0.25) is 0 Å². The minimum atomic E-state index is -0.872. The zero-order chi connectivity index (χ0) is 15.4. The van der Waals surface area contributed by atoms with Crippen LogP contribution < -0.4 is 0 Å². The van der Waals surface area contributed by atoms with Gasteiger partial charge in [-0.3, -0.25) is 0 Å². The molecule has 22 heavy (non-hydrogen) atoms. The molecule has 1 aliphatic carbocycles. The molecule has 0 radical (unpaired) electrons. The van der Waals surface area contributed by atoms with E-state index in [4.69, 9.17) is 0 Å². The predicted molar refractivity (Wildman–Crippen MR) is 82.0 cm³/mol. The van der Waals surface area contributed by atoms with Gasteiger partial charge in [-0.15, -0.1) is 5.10 Å². The third kappa shape index (κ3) is 3.47. The van der Waals surface area contributed by atoms with Crippen LogP contribution in [0, 0.1) is 5.82 Å². The van der Waals surface area contributed by atoms with Gasteiger partial charge < -0.3 is 5.11 Å². The van der Waals surface area contributed by atoms with Crippen LogP contribution in [0.25, 0.3) is 0 Å². The maximum Gasteiger partial charge on any atom is 0.209 e. The van der Waals surface area contributed by atoms with Crippen molar-refractivity contribution in [3.63, 3.8) is 0 Å². The molecule has 7 heteroatoms. The summed E-state index contributed by atoms with van der Waals surface area (Å²) in [7, 11) is 0. The Bertz CT molecular complexity index is 615. The van der Waals surface area contributed by atoms with Crippen molar-refractivity contribution in [2.24, 2.45) is 0 Å². The fraction of sp³-hybridized carbons (Fsp3) is 0.533. The molecule has 1 aromatic carbocycles. The van der Waals surface area contributed by atoms with E-state index in [2.05, 4.69) is 15.5 Å². The van der Waals surface area contributed by atoms with Crippen LogP contribution in [0.15, 0.2) is 29.4 Å². The minimum absolute atomic E-state index is 0.312. The number of benzene rings is 1. The number of halogens is 1. The smallest absolute Gasteiger partial charge is 0.209 e. The van der Waals surface area contributed by atoms with E-state index >= 15 is 0 Å². The summed E-state index contributed by atoms with van der Waals surface area (Å²) in [6.45, 7) is 0. The molecule has 3 rings (SSSR count). The Hall–Kier alpha value is -1.47. The lowest BCUT2D eigenvalue weighted by atomic mass is 9.96. The summed E-state index contributed by atoms with van der Waals surface area (Å²) in [5, 5.41) is 22.7. The maximum absolute atomic E-state index is 13.7. The van der Waals surface area contributed by atoms with E-state index in [0.717, 1.165) is 12.8 Å². The lowest BCUT2D eigenvalue weighted by Gasteiger charge is -2.22. The molecule has 1 aliphatic rings. The molecule has 0 aliphatic heterocycles. The van der Waals surface area contributed by atoms with Crippen molar-refractivity contribution in [2.75, 3.05) is 5.75 Å². The molecule has 1 saturated carbocycles. The molecule has 1 heterocycles. The van der Waals surface area contributed by atoms with Crippen LogP contribution in [0.5, 0.6) is 0 Å². The van der Waals surface area contributed by atoms with Gasteiger partial charge in [0.1, 0.15) is 5.82 Å². The van der Waals surface area contributed by atoms with Gasteiger partial charge in [0.15, 0.2) is 0 Å². The largest absolute Gasteiger partial charge is 0.387 e.